The van der Waals surface area contributed by atoms with E-state index >= 15 is 0 Å². The van der Waals surface area contributed by atoms with Crippen LogP contribution < -0.4 is 20.1 Å². The third-order valence-electron chi connectivity index (χ3n) is 6.23. The van der Waals surface area contributed by atoms with Crippen LogP contribution >= 0.6 is 0 Å². The van der Waals surface area contributed by atoms with E-state index in [2.05, 4.69) is 14.8 Å². The van der Waals surface area contributed by atoms with Crippen LogP contribution in [0, 0.1) is 0 Å². The van der Waals surface area contributed by atoms with Crippen molar-refractivity contribution in [1.29, 1.82) is 0 Å². The van der Waals surface area contributed by atoms with Gasteiger partial charge in [-0.2, -0.15) is 5.10 Å². The Kier molecular flexibility index (Phi) is 7.03. The van der Waals surface area contributed by atoms with E-state index in [-0.39, 0.29) is 47.8 Å². The van der Waals surface area contributed by atoms with E-state index < -0.39 is 33.9 Å². The Labute approximate surface area is 217 Å². The van der Waals surface area contributed by atoms with Crippen LogP contribution in [0.4, 0.5) is 16.2 Å². The van der Waals surface area contributed by atoms with Crippen molar-refractivity contribution in [3.05, 3.63) is 47.4 Å². The molecule has 0 radical (unpaired) electrons. The number of rotatable bonds is 7. The first kappa shape index (κ1) is 25.7. The number of aromatic hydroxyl groups is 1. The van der Waals surface area contributed by atoms with E-state index in [0.29, 0.717) is 6.61 Å². The number of anilines is 2. The lowest BCUT2D eigenvalue weighted by Crippen LogP contribution is -2.46. The zero-order chi connectivity index (χ0) is 26.9. The van der Waals surface area contributed by atoms with Crippen molar-refractivity contribution in [2.75, 3.05) is 29.4 Å². The Morgan fingerprint density at radius 1 is 1.29 bits per heavy atom. The number of carbonyl (C=O) groups is 1. The third-order valence-corrected chi connectivity index (χ3v) is 7.96. The SMILES string of the molecule is Cn1cc(S(=O)(=O)N2CC(Cn3c(O)coc3=O)Oc3ccc(NC(=O)OCC4CCCCO4)cc32)cn1. The second-order valence-electron chi connectivity index (χ2n) is 8.99. The lowest BCUT2D eigenvalue weighted by Gasteiger charge is -2.35. The van der Waals surface area contributed by atoms with Crippen LogP contribution in [-0.2, 0) is 33.1 Å². The summed E-state index contributed by atoms with van der Waals surface area (Å²) in [5, 5.41) is 16.5. The Morgan fingerprint density at radius 2 is 2.13 bits per heavy atom. The molecule has 2 aliphatic rings. The molecule has 38 heavy (non-hydrogen) atoms. The Hall–Kier alpha value is -3.98. The van der Waals surface area contributed by atoms with Gasteiger partial charge in [0.1, 0.15) is 23.4 Å². The second kappa shape index (κ2) is 10.4. The zero-order valence-electron chi connectivity index (χ0n) is 20.5. The molecule has 1 saturated heterocycles. The van der Waals surface area contributed by atoms with Crippen molar-refractivity contribution < 1.29 is 36.9 Å². The third kappa shape index (κ3) is 5.33. The highest BCUT2D eigenvalue weighted by Crippen LogP contribution is 2.39. The van der Waals surface area contributed by atoms with E-state index in [1.807, 2.05) is 0 Å². The number of ether oxygens (including phenoxy) is 3. The average Bonchev–Trinajstić information content (AvgIpc) is 3.49. The molecule has 15 heteroatoms. The fourth-order valence-corrected chi connectivity index (χ4v) is 5.81. The van der Waals surface area contributed by atoms with Crippen LogP contribution in [0.1, 0.15) is 19.3 Å². The van der Waals surface area contributed by atoms with Gasteiger partial charge in [0.25, 0.3) is 10.0 Å². The molecule has 0 bridgehead atoms. The van der Waals surface area contributed by atoms with Gasteiger partial charge in [-0.1, -0.05) is 0 Å². The summed E-state index contributed by atoms with van der Waals surface area (Å²) < 4.78 is 52.1. The van der Waals surface area contributed by atoms with Gasteiger partial charge < -0.3 is 23.7 Å². The van der Waals surface area contributed by atoms with E-state index in [9.17, 15) is 23.1 Å². The first-order valence-electron chi connectivity index (χ1n) is 12.0. The highest BCUT2D eigenvalue weighted by Gasteiger charge is 2.36. The number of carbonyl (C=O) groups excluding carboxylic acids is 1. The smallest absolute Gasteiger partial charge is 0.421 e. The molecule has 2 aromatic heterocycles. The molecule has 0 aliphatic carbocycles. The Balaban J connectivity index is 1.40. The summed E-state index contributed by atoms with van der Waals surface area (Å²) in [7, 11) is -2.53. The molecule has 4 heterocycles. The first-order chi connectivity index (χ1) is 18.2. The fourth-order valence-electron chi connectivity index (χ4n) is 4.33. The molecule has 2 aliphatic heterocycles. The van der Waals surface area contributed by atoms with Gasteiger partial charge in [0.05, 0.1) is 31.1 Å². The number of amides is 1. The van der Waals surface area contributed by atoms with Crippen molar-refractivity contribution in [3.8, 4) is 11.6 Å². The number of aromatic nitrogens is 3. The number of benzene rings is 1. The highest BCUT2D eigenvalue weighted by molar-refractivity contribution is 7.92. The van der Waals surface area contributed by atoms with Crippen LogP contribution in [0.15, 0.2) is 51.0 Å². The normalized spacial score (nSPS) is 19.4. The maximum Gasteiger partial charge on any atom is 0.421 e. The molecule has 2 atom stereocenters. The van der Waals surface area contributed by atoms with Gasteiger partial charge in [-0.25, -0.2) is 22.6 Å². The van der Waals surface area contributed by atoms with Crippen LogP contribution in [0.25, 0.3) is 0 Å². The number of hydrogen-bond acceptors (Lipinski definition) is 10. The van der Waals surface area contributed by atoms with Crippen LogP contribution in [-0.4, -0.2) is 65.9 Å². The Bertz CT molecular complexity index is 1470. The number of fused-ring (bicyclic) bond motifs is 1. The summed E-state index contributed by atoms with van der Waals surface area (Å²) in [5.41, 5.74) is 0.456. The number of aryl methyl sites for hydroxylation is 1. The lowest BCUT2D eigenvalue weighted by molar-refractivity contribution is -0.0203. The largest absolute Gasteiger partial charge is 0.492 e. The van der Waals surface area contributed by atoms with E-state index in [4.69, 9.17) is 14.2 Å². The van der Waals surface area contributed by atoms with Gasteiger partial charge in [0.15, 0.2) is 6.26 Å². The quantitative estimate of drug-likeness (QED) is 0.442. The molecule has 3 aromatic rings. The molecule has 2 unspecified atom stereocenters. The van der Waals surface area contributed by atoms with Gasteiger partial charge in [0, 0.05) is 25.5 Å². The second-order valence-corrected chi connectivity index (χ2v) is 10.9. The highest BCUT2D eigenvalue weighted by atomic mass is 32.2. The summed E-state index contributed by atoms with van der Waals surface area (Å²) in [5.74, 6) is -1.03. The zero-order valence-corrected chi connectivity index (χ0v) is 21.3. The van der Waals surface area contributed by atoms with Crippen molar-refractivity contribution >= 4 is 27.5 Å². The van der Waals surface area contributed by atoms with E-state index in [1.54, 1.807) is 7.05 Å². The predicted molar refractivity (Wildman–Crippen MR) is 132 cm³/mol. The van der Waals surface area contributed by atoms with Gasteiger partial charge >= 0.3 is 11.8 Å². The average molecular weight is 550 g/mol. The summed E-state index contributed by atoms with van der Waals surface area (Å²) in [6, 6.07) is 4.50. The number of hydrogen-bond donors (Lipinski definition) is 2. The van der Waals surface area contributed by atoms with Crippen LogP contribution in [0.3, 0.4) is 0 Å². The van der Waals surface area contributed by atoms with Crippen molar-refractivity contribution in [2.24, 2.45) is 7.05 Å². The van der Waals surface area contributed by atoms with Gasteiger partial charge in [0.2, 0.25) is 5.88 Å². The minimum Gasteiger partial charge on any atom is -0.492 e. The summed E-state index contributed by atoms with van der Waals surface area (Å²) >= 11 is 0. The summed E-state index contributed by atoms with van der Waals surface area (Å²) in [6.45, 7) is 0.379. The van der Waals surface area contributed by atoms with Crippen molar-refractivity contribution in [3.63, 3.8) is 0 Å². The van der Waals surface area contributed by atoms with Gasteiger partial charge in [-0.15, -0.1) is 0 Å². The van der Waals surface area contributed by atoms with Crippen LogP contribution in [0.2, 0.25) is 0 Å². The predicted octanol–water partition coefficient (Wildman–Crippen LogP) is 1.65. The minimum absolute atomic E-state index is 0.0554. The number of sulfonamides is 1. The molecule has 0 spiro atoms. The maximum atomic E-state index is 13.6. The number of oxazole rings is 1. The molecule has 0 saturated carbocycles. The molecule has 1 aromatic carbocycles. The number of nitrogens with one attached hydrogen (secondary N) is 1. The maximum absolute atomic E-state index is 13.6. The van der Waals surface area contributed by atoms with Gasteiger partial charge in [-0.05, 0) is 37.5 Å². The van der Waals surface area contributed by atoms with Crippen molar-refractivity contribution in [1.82, 2.24) is 14.3 Å². The number of nitrogens with zero attached hydrogens (tertiary/aromatic N) is 4. The van der Waals surface area contributed by atoms with Crippen LogP contribution in [0.5, 0.6) is 11.6 Å². The summed E-state index contributed by atoms with van der Waals surface area (Å²) in [6.07, 6.45) is 4.58. The topological polar surface area (TPSA) is 167 Å². The van der Waals surface area contributed by atoms with E-state index in [0.717, 1.165) is 34.4 Å². The molecule has 1 fully saturated rings. The summed E-state index contributed by atoms with van der Waals surface area (Å²) in [4.78, 5) is 24.3. The standard InChI is InChI=1S/C23H27N5O9S/c1-26-12-18(9-24-26)38(32,33)28-11-17(10-27-21(29)14-36-23(27)31)37-20-6-5-15(8-19(20)28)25-22(30)35-13-16-4-2-3-7-34-16/h5-6,8-9,12,14,16-17,29H,2-4,7,10-11,13H2,1H3,(H,25,30). The lowest BCUT2D eigenvalue weighted by atomic mass is 10.1. The molecule has 1 amide bonds. The molecule has 2 N–H and O–H groups in total. The molecular weight excluding hydrogens is 522 g/mol. The van der Waals surface area contributed by atoms with Crippen molar-refractivity contribution in [2.45, 2.75) is 42.9 Å². The van der Waals surface area contributed by atoms with Gasteiger partial charge in [-0.3, -0.25) is 14.3 Å². The fraction of sp³-hybridized carbons (Fsp3) is 0.435. The molecule has 14 nitrogen and oxygen atoms in total. The molecular formula is C23H27N5O9S. The van der Waals surface area contributed by atoms with E-state index in [1.165, 1.54) is 35.3 Å². The monoisotopic (exact) mass is 549 g/mol. The minimum atomic E-state index is -4.12. The first-order valence-corrected chi connectivity index (χ1v) is 13.4. The molecule has 204 valence electrons. The molecule has 5 rings (SSSR count). The Morgan fingerprint density at radius 3 is 2.82 bits per heavy atom.